The standard InChI is InChI=1S/C14H11.Sn/c1-2-6-12-10-14-8-4-3-7-13(14)9-11(12)5-1;/h1-3,5-10H,4H2;. The van der Waals surface area contributed by atoms with Gasteiger partial charge in [0.05, 0.1) is 0 Å². The first-order valence-electron chi connectivity index (χ1n) is 5.25. The van der Waals surface area contributed by atoms with Crippen molar-refractivity contribution >= 4 is 39.4 Å². The number of rotatable bonds is 0. The van der Waals surface area contributed by atoms with Crippen molar-refractivity contribution in [2.75, 3.05) is 0 Å². The second-order valence-corrected chi connectivity index (χ2v) is 6.01. The van der Waals surface area contributed by atoms with Gasteiger partial charge in [-0.1, -0.05) is 0 Å². The van der Waals surface area contributed by atoms with E-state index >= 15 is 0 Å². The number of benzene rings is 2. The van der Waals surface area contributed by atoms with Crippen LogP contribution in [0.4, 0.5) is 0 Å². The molecule has 0 aromatic heterocycles. The van der Waals surface area contributed by atoms with E-state index in [0.29, 0.717) is 0 Å². The SMILES string of the molecule is [Sn][CH]1CC=Cc2cc3ccccc3cc21. The Labute approximate surface area is 103 Å². The van der Waals surface area contributed by atoms with Gasteiger partial charge in [0.2, 0.25) is 0 Å². The molecule has 3 radical (unpaired) electrons. The predicted octanol–water partition coefficient (Wildman–Crippen LogP) is 3.47. The molecule has 0 saturated carbocycles. The van der Waals surface area contributed by atoms with Crippen LogP contribution in [0.3, 0.4) is 0 Å². The molecule has 0 amide bonds. The van der Waals surface area contributed by atoms with Gasteiger partial charge in [0, 0.05) is 0 Å². The Morgan fingerprint density at radius 3 is 2.60 bits per heavy atom. The molecule has 0 saturated heterocycles. The molecule has 0 fully saturated rings. The molecule has 0 heterocycles. The van der Waals surface area contributed by atoms with Crippen molar-refractivity contribution < 1.29 is 0 Å². The summed E-state index contributed by atoms with van der Waals surface area (Å²) in [7, 11) is 0. The van der Waals surface area contributed by atoms with E-state index in [-0.39, 0.29) is 0 Å². The molecule has 0 spiro atoms. The number of hydrogen-bond donors (Lipinski definition) is 0. The molecule has 71 valence electrons. The molecule has 1 aliphatic rings. The summed E-state index contributed by atoms with van der Waals surface area (Å²) in [4.78, 5) is 0. The Hall–Kier alpha value is -0.761. The van der Waals surface area contributed by atoms with Crippen LogP contribution in [-0.2, 0) is 0 Å². The van der Waals surface area contributed by atoms with Crippen LogP contribution in [0.1, 0.15) is 21.5 Å². The summed E-state index contributed by atoms with van der Waals surface area (Å²) in [6.07, 6.45) is 5.78. The Morgan fingerprint density at radius 1 is 1.07 bits per heavy atom. The molecule has 1 heteroatoms. The third kappa shape index (κ3) is 1.61. The molecule has 0 aliphatic heterocycles. The van der Waals surface area contributed by atoms with Gasteiger partial charge in [-0.25, -0.2) is 0 Å². The quantitative estimate of drug-likeness (QED) is 0.653. The fraction of sp³-hybridized carbons (Fsp3) is 0.143. The summed E-state index contributed by atoms with van der Waals surface area (Å²) in [5.74, 6) is 0. The van der Waals surface area contributed by atoms with Gasteiger partial charge in [0.15, 0.2) is 0 Å². The third-order valence-electron chi connectivity index (χ3n) is 3.00. The molecule has 0 nitrogen and oxygen atoms in total. The van der Waals surface area contributed by atoms with Crippen molar-refractivity contribution in [2.45, 2.75) is 10.4 Å². The van der Waals surface area contributed by atoms with E-state index in [1.165, 1.54) is 28.3 Å². The van der Waals surface area contributed by atoms with Gasteiger partial charge in [-0.15, -0.1) is 0 Å². The normalized spacial score (nSPS) is 19.1. The Balaban J connectivity index is 2.33. The van der Waals surface area contributed by atoms with E-state index in [2.05, 4.69) is 48.6 Å². The Morgan fingerprint density at radius 2 is 1.80 bits per heavy atom. The fourth-order valence-electron chi connectivity index (χ4n) is 2.18. The van der Waals surface area contributed by atoms with E-state index < -0.39 is 0 Å². The van der Waals surface area contributed by atoms with E-state index in [0.717, 1.165) is 3.93 Å². The van der Waals surface area contributed by atoms with Crippen LogP contribution in [0.25, 0.3) is 16.8 Å². The maximum atomic E-state index is 2.37. The van der Waals surface area contributed by atoms with E-state index in [1.54, 1.807) is 22.5 Å². The molecule has 1 unspecified atom stereocenters. The van der Waals surface area contributed by atoms with Gasteiger partial charge in [-0.3, -0.25) is 0 Å². The topological polar surface area (TPSA) is 0 Å². The van der Waals surface area contributed by atoms with E-state index in [4.69, 9.17) is 0 Å². The second kappa shape index (κ2) is 3.67. The Kier molecular flexibility index (Phi) is 2.32. The fourth-order valence-corrected chi connectivity index (χ4v) is 3.28. The molecule has 1 atom stereocenters. The molecule has 0 N–H and O–H groups in total. The summed E-state index contributed by atoms with van der Waals surface area (Å²) in [5, 5.41) is 2.73. The monoisotopic (exact) mass is 299 g/mol. The molecule has 0 bridgehead atoms. The predicted molar refractivity (Wildman–Crippen MR) is 66.1 cm³/mol. The summed E-state index contributed by atoms with van der Waals surface area (Å²) in [6, 6.07) is 13.3. The van der Waals surface area contributed by atoms with Crippen molar-refractivity contribution in [1.29, 1.82) is 0 Å². The molecule has 3 rings (SSSR count). The van der Waals surface area contributed by atoms with Crippen LogP contribution in [0.15, 0.2) is 42.5 Å². The number of allylic oxidation sites excluding steroid dienone is 1. The summed E-state index contributed by atoms with van der Waals surface area (Å²) < 4.78 is 0.752. The molecule has 15 heavy (non-hydrogen) atoms. The van der Waals surface area contributed by atoms with Crippen LogP contribution >= 0.6 is 0 Å². The van der Waals surface area contributed by atoms with Crippen LogP contribution in [0.2, 0.25) is 0 Å². The van der Waals surface area contributed by atoms with Crippen molar-refractivity contribution in [2.24, 2.45) is 0 Å². The van der Waals surface area contributed by atoms with Gasteiger partial charge in [-0.05, 0) is 0 Å². The van der Waals surface area contributed by atoms with Crippen molar-refractivity contribution in [3.8, 4) is 0 Å². The van der Waals surface area contributed by atoms with Crippen LogP contribution in [-0.4, -0.2) is 22.5 Å². The number of hydrogen-bond acceptors (Lipinski definition) is 0. The summed E-state index contributed by atoms with van der Waals surface area (Å²) >= 11 is 1.62. The third-order valence-corrected chi connectivity index (χ3v) is 4.56. The molecular formula is C14H11Sn. The van der Waals surface area contributed by atoms with Gasteiger partial charge in [-0.2, -0.15) is 0 Å². The minimum absolute atomic E-state index is 0.752. The second-order valence-electron chi connectivity index (χ2n) is 4.02. The average molecular weight is 298 g/mol. The first kappa shape index (κ1) is 9.46. The molecule has 2 aromatic rings. The molecule has 1 aliphatic carbocycles. The van der Waals surface area contributed by atoms with Gasteiger partial charge in [0.1, 0.15) is 0 Å². The first-order chi connectivity index (χ1) is 7.34. The maximum absolute atomic E-state index is 2.37. The summed E-state index contributed by atoms with van der Waals surface area (Å²) in [5.41, 5.74) is 2.95. The van der Waals surface area contributed by atoms with Crippen LogP contribution < -0.4 is 0 Å². The van der Waals surface area contributed by atoms with Gasteiger partial charge in [0.25, 0.3) is 0 Å². The minimum atomic E-state index is 0.752. The van der Waals surface area contributed by atoms with Crippen molar-refractivity contribution in [1.82, 2.24) is 0 Å². The average Bonchev–Trinajstić information content (AvgIpc) is 2.27. The van der Waals surface area contributed by atoms with E-state index in [9.17, 15) is 0 Å². The zero-order chi connectivity index (χ0) is 10.3. The molecule has 2 aromatic carbocycles. The van der Waals surface area contributed by atoms with E-state index in [1.807, 2.05) is 0 Å². The van der Waals surface area contributed by atoms with Crippen molar-refractivity contribution in [3.05, 3.63) is 53.6 Å². The number of fused-ring (bicyclic) bond motifs is 2. The van der Waals surface area contributed by atoms with Crippen LogP contribution in [0.5, 0.6) is 0 Å². The van der Waals surface area contributed by atoms with Gasteiger partial charge < -0.3 is 0 Å². The first-order valence-corrected chi connectivity index (χ1v) is 6.90. The zero-order valence-corrected chi connectivity index (χ0v) is 11.3. The molecular weight excluding hydrogens is 287 g/mol. The van der Waals surface area contributed by atoms with Crippen LogP contribution in [0, 0.1) is 0 Å². The van der Waals surface area contributed by atoms with Crippen molar-refractivity contribution in [3.63, 3.8) is 0 Å². The Bertz CT molecular complexity index is 540. The van der Waals surface area contributed by atoms with Gasteiger partial charge >= 0.3 is 103 Å². The summed E-state index contributed by atoms with van der Waals surface area (Å²) in [6.45, 7) is 0. The zero-order valence-electron chi connectivity index (χ0n) is 8.40.